The standard InChI is InChI=1S/C14H23N3O3/c1-11(2)15-14(19)17-7-5-16(6-8-17)10-12(18)13-4-3-9-20-13/h3-4,9,11-12,18H,5-8,10H2,1-2H3,(H,15,19)/t12-/m1/s1. The molecular weight excluding hydrogens is 258 g/mol. The Hall–Kier alpha value is -1.53. The van der Waals surface area contributed by atoms with Gasteiger partial charge in [-0.15, -0.1) is 0 Å². The number of aliphatic hydroxyl groups excluding tert-OH is 1. The number of carbonyl (C=O) groups is 1. The summed E-state index contributed by atoms with van der Waals surface area (Å²) in [5, 5.41) is 12.9. The molecule has 6 heteroatoms. The van der Waals surface area contributed by atoms with Crippen LogP contribution in [0.15, 0.2) is 22.8 Å². The van der Waals surface area contributed by atoms with Gasteiger partial charge in [0, 0.05) is 38.8 Å². The summed E-state index contributed by atoms with van der Waals surface area (Å²) in [5.41, 5.74) is 0. The van der Waals surface area contributed by atoms with Crippen LogP contribution in [0, 0.1) is 0 Å². The Kier molecular flexibility index (Phi) is 5.03. The SMILES string of the molecule is CC(C)NC(=O)N1CCN(C[C@@H](O)c2ccco2)CC1. The van der Waals surface area contributed by atoms with E-state index in [0.717, 1.165) is 13.1 Å². The minimum Gasteiger partial charge on any atom is -0.467 e. The number of β-amino-alcohol motifs (C(OH)–C–C–N with tert-alkyl or cyclic N) is 1. The number of rotatable bonds is 4. The third-order valence-electron chi connectivity index (χ3n) is 3.37. The van der Waals surface area contributed by atoms with E-state index in [1.807, 2.05) is 18.7 Å². The van der Waals surface area contributed by atoms with Gasteiger partial charge in [0.2, 0.25) is 0 Å². The molecule has 2 heterocycles. The van der Waals surface area contributed by atoms with Crippen LogP contribution in [0.2, 0.25) is 0 Å². The Morgan fingerprint density at radius 3 is 2.65 bits per heavy atom. The van der Waals surface area contributed by atoms with Crippen molar-refractivity contribution in [1.29, 1.82) is 0 Å². The summed E-state index contributed by atoms with van der Waals surface area (Å²) in [6.07, 6.45) is 0.952. The summed E-state index contributed by atoms with van der Waals surface area (Å²) in [4.78, 5) is 15.8. The monoisotopic (exact) mass is 281 g/mol. The van der Waals surface area contributed by atoms with E-state index in [9.17, 15) is 9.90 Å². The molecule has 2 rings (SSSR count). The minimum atomic E-state index is -0.610. The predicted molar refractivity (Wildman–Crippen MR) is 75.3 cm³/mol. The van der Waals surface area contributed by atoms with Crippen molar-refractivity contribution in [2.24, 2.45) is 0 Å². The van der Waals surface area contributed by atoms with Crippen LogP contribution < -0.4 is 5.32 Å². The smallest absolute Gasteiger partial charge is 0.317 e. The average molecular weight is 281 g/mol. The lowest BCUT2D eigenvalue weighted by atomic mass is 10.2. The van der Waals surface area contributed by atoms with Crippen LogP contribution in [0.3, 0.4) is 0 Å². The van der Waals surface area contributed by atoms with Crippen molar-refractivity contribution in [3.05, 3.63) is 24.2 Å². The predicted octanol–water partition coefficient (Wildman–Crippen LogP) is 1.05. The van der Waals surface area contributed by atoms with E-state index in [4.69, 9.17) is 4.42 Å². The average Bonchev–Trinajstić information content (AvgIpc) is 2.92. The van der Waals surface area contributed by atoms with Gasteiger partial charge in [0.1, 0.15) is 11.9 Å². The number of nitrogens with zero attached hydrogens (tertiary/aromatic N) is 2. The molecule has 1 aromatic rings. The van der Waals surface area contributed by atoms with Crippen molar-refractivity contribution in [3.63, 3.8) is 0 Å². The summed E-state index contributed by atoms with van der Waals surface area (Å²) in [7, 11) is 0. The highest BCUT2D eigenvalue weighted by atomic mass is 16.4. The lowest BCUT2D eigenvalue weighted by Gasteiger charge is -2.35. The second-order valence-corrected chi connectivity index (χ2v) is 5.42. The fourth-order valence-electron chi connectivity index (χ4n) is 2.29. The Labute approximate surface area is 119 Å². The molecule has 2 amide bonds. The summed E-state index contributed by atoms with van der Waals surface area (Å²) < 4.78 is 5.19. The molecule has 0 bridgehead atoms. The van der Waals surface area contributed by atoms with Crippen LogP contribution in [-0.4, -0.2) is 59.7 Å². The summed E-state index contributed by atoms with van der Waals surface area (Å²) in [5.74, 6) is 0.588. The van der Waals surface area contributed by atoms with E-state index in [1.165, 1.54) is 0 Å². The van der Waals surface area contributed by atoms with Crippen LogP contribution in [-0.2, 0) is 0 Å². The molecule has 0 aliphatic carbocycles. The van der Waals surface area contributed by atoms with Crippen molar-refractivity contribution >= 4 is 6.03 Å². The molecular formula is C14H23N3O3. The molecule has 6 nitrogen and oxygen atoms in total. The molecule has 2 N–H and O–H groups in total. The van der Waals surface area contributed by atoms with Gasteiger partial charge in [-0.05, 0) is 26.0 Å². The first-order valence-corrected chi connectivity index (χ1v) is 7.05. The molecule has 1 atom stereocenters. The number of aliphatic hydroxyl groups is 1. The van der Waals surface area contributed by atoms with Crippen molar-refractivity contribution in [2.45, 2.75) is 26.0 Å². The zero-order valence-corrected chi connectivity index (χ0v) is 12.1. The summed E-state index contributed by atoms with van der Waals surface area (Å²) in [6.45, 7) is 7.34. The van der Waals surface area contributed by atoms with E-state index >= 15 is 0 Å². The Balaban J connectivity index is 1.75. The molecule has 0 saturated carbocycles. The van der Waals surface area contributed by atoms with Crippen LogP contribution in [0.4, 0.5) is 4.79 Å². The molecule has 1 saturated heterocycles. The Bertz CT molecular complexity index is 411. The zero-order valence-electron chi connectivity index (χ0n) is 12.1. The van der Waals surface area contributed by atoms with Gasteiger partial charge in [0.25, 0.3) is 0 Å². The van der Waals surface area contributed by atoms with Gasteiger partial charge in [-0.3, -0.25) is 4.90 Å². The number of hydrogen-bond donors (Lipinski definition) is 2. The van der Waals surface area contributed by atoms with Crippen LogP contribution in [0.5, 0.6) is 0 Å². The summed E-state index contributed by atoms with van der Waals surface area (Å²) in [6, 6.07) is 3.69. The number of nitrogens with one attached hydrogen (secondary N) is 1. The third kappa shape index (κ3) is 3.98. The molecule has 0 radical (unpaired) electrons. The second-order valence-electron chi connectivity index (χ2n) is 5.42. The maximum atomic E-state index is 11.9. The van der Waals surface area contributed by atoms with Gasteiger partial charge in [0.15, 0.2) is 0 Å². The fraction of sp³-hybridized carbons (Fsp3) is 0.643. The molecule has 1 aliphatic heterocycles. The van der Waals surface area contributed by atoms with Gasteiger partial charge < -0.3 is 19.7 Å². The van der Waals surface area contributed by atoms with E-state index in [2.05, 4.69) is 10.2 Å². The van der Waals surface area contributed by atoms with Crippen LogP contribution in [0.25, 0.3) is 0 Å². The molecule has 1 fully saturated rings. The van der Waals surface area contributed by atoms with Gasteiger partial charge in [-0.2, -0.15) is 0 Å². The first-order chi connectivity index (χ1) is 9.56. The van der Waals surface area contributed by atoms with Crippen LogP contribution >= 0.6 is 0 Å². The molecule has 20 heavy (non-hydrogen) atoms. The first-order valence-electron chi connectivity index (χ1n) is 7.05. The van der Waals surface area contributed by atoms with Crippen molar-refractivity contribution in [1.82, 2.24) is 15.1 Å². The number of furan rings is 1. The topological polar surface area (TPSA) is 69.0 Å². The quantitative estimate of drug-likeness (QED) is 0.865. The normalized spacial score (nSPS) is 18.3. The van der Waals surface area contributed by atoms with Crippen molar-refractivity contribution in [3.8, 4) is 0 Å². The van der Waals surface area contributed by atoms with E-state index in [-0.39, 0.29) is 12.1 Å². The van der Waals surface area contributed by atoms with Gasteiger partial charge in [-0.1, -0.05) is 0 Å². The molecule has 1 aliphatic rings. The lowest BCUT2D eigenvalue weighted by Crippen LogP contribution is -2.53. The highest BCUT2D eigenvalue weighted by Crippen LogP contribution is 2.15. The Morgan fingerprint density at radius 1 is 1.40 bits per heavy atom. The minimum absolute atomic E-state index is 0.00812. The van der Waals surface area contributed by atoms with E-state index in [0.29, 0.717) is 25.4 Å². The third-order valence-corrected chi connectivity index (χ3v) is 3.37. The van der Waals surface area contributed by atoms with Gasteiger partial charge in [-0.25, -0.2) is 4.79 Å². The molecule has 0 spiro atoms. The molecule has 0 aromatic carbocycles. The van der Waals surface area contributed by atoms with Crippen LogP contribution in [0.1, 0.15) is 25.7 Å². The van der Waals surface area contributed by atoms with E-state index < -0.39 is 6.10 Å². The maximum Gasteiger partial charge on any atom is 0.317 e. The fourth-order valence-corrected chi connectivity index (χ4v) is 2.29. The molecule has 0 unspecified atom stereocenters. The Morgan fingerprint density at radius 2 is 2.10 bits per heavy atom. The number of amides is 2. The highest BCUT2D eigenvalue weighted by molar-refractivity contribution is 5.74. The van der Waals surface area contributed by atoms with Crippen molar-refractivity contribution < 1.29 is 14.3 Å². The first kappa shape index (κ1) is 14.9. The van der Waals surface area contributed by atoms with Gasteiger partial charge in [0.05, 0.1) is 6.26 Å². The maximum absolute atomic E-state index is 11.9. The second kappa shape index (κ2) is 6.76. The largest absolute Gasteiger partial charge is 0.467 e. The number of carbonyl (C=O) groups excluding carboxylic acids is 1. The van der Waals surface area contributed by atoms with Crippen molar-refractivity contribution in [2.75, 3.05) is 32.7 Å². The molecule has 112 valence electrons. The number of urea groups is 1. The highest BCUT2D eigenvalue weighted by Gasteiger charge is 2.23. The van der Waals surface area contributed by atoms with E-state index in [1.54, 1.807) is 18.4 Å². The molecule has 1 aromatic heterocycles. The van der Waals surface area contributed by atoms with Gasteiger partial charge >= 0.3 is 6.03 Å². The number of hydrogen-bond acceptors (Lipinski definition) is 4. The number of piperazine rings is 1. The lowest BCUT2D eigenvalue weighted by molar-refractivity contribution is 0.0689. The zero-order chi connectivity index (χ0) is 14.5. The summed E-state index contributed by atoms with van der Waals surface area (Å²) >= 11 is 0.